The van der Waals surface area contributed by atoms with Crippen LogP contribution in [0, 0.1) is 0 Å². The van der Waals surface area contributed by atoms with E-state index >= 15 is 0 Å². The number of nitrogens with one attached hydrogen (secondary N) is 1. The molecule has 0 unspecified atom stereocenters. The molecule has 0 atom stereocenters. The van der Waals surface area contributed by atoms with Gasteiger partial charge in [-0.2, -0.15) is 0 Å². The average molecular weight is 239 g/mol. The highest BCUT2D eigenvalue weighted by atomic mass is 14.9. The molecule has 0 fully saturated rings. The molecule has 94 valence electrons. The lowest BCUT2D eigenvalue weighted by Crippen LogP contribution is -2.25. The van der Waals surface area contributed by atoms with Gasteiger partial charge in [0, 0.05) is 16.8 Å². The fourth-order valence-corrected chi connectivity index (χ4v) is 2.56. The van der Waals surface area contributed by atoms with Gasteiger partial charge in [-0.15, -0.1) is 0 Å². The molecule has 1 aliphatic heterocycles. The fraction of sp³-hybridized carbons (Fsp3) is 0.294. The van der Waals surface area contributed by atoms with Gasteiger partial charge >= 0.3 is 0 Å². The molecule has 0 spiro atoms. The van der Waals surface area contributed by atoms with Crippen LogP contribution in [0.3, 0.4) is 0 Å². The molecule has 1 nitrogen and oxygen atoms in total. The normalized spacial score (nSPS) is 14.4. The van der Waals surface area contributed by atoms with Crippen LogP contribution < -0.4 is 5.32 Å². The van der Waals surface area contributed by atoms with Crippen LogP contribution in [-0.2, 0) is 5.41 Å². The number of benzene rings is 2. The lowest BCUT2D eigenvalue weighted by Gasteiger charge is -2.35. The third-order valence-corrected chi connectivity index (χ3v) is 3.47. The molecule has 0 saturated carbocycles. The second-order valence-electron chi connectivity index (χ2n) is 4.84. The van der Waals surface area contributed by atoms with Gasteiger partial charge in [0.1, 0.15) is 0 Å². The monoisotopic (exact) mass is 239 g/mol. The Labute approximate surface area is 110 Å². The molecule has 2 aromatic rings. The van der Waals surface area contributed by atoms with Crippen molar-refractivity contribution in [3.8, 4) is 0 Å². The van der Waals surface area contributed by atoms with Gasteiger partial charge in [-0.25, -0.2) is 0 Å². The molecule has 0 bridgehead atoms. The molecule has 1 N–H and O–H groups in total. The number of para-hydroxylation sites is 2. The second kappa shape index (κ2) is 4.85. The van der Waals surface area contributed by atoms with Crippen LogP contribution in [0.4, 0.5) is 11.4 Å². The molecule has 1 aliphatic rings. The molecular weight excluding hydrogens is 218 g/mol. The molecule has 0 aromatic heterocycles. The van der Waals surface area contributed by atoms with E-state index in [0.717, 1.165) is 0 Å². The molecule has 0 radical (unpaired) electrons. The molecule has 0 amide bonds. The Bertz CT molecular complexity index is 493. The lowest BCUT2D eigenvalue weighted by atomic mass is 9.74. The van der Waals surface area contributed by atoms with E-state index < -0.39 is 0 Å². The zero-order valence-electron chi connectivity index (χ0n) is 11.6. The van der Waals surface area contributed by atoms with E-state index in [1.165, 1.54) is 22.5 Å². The summed E-state index contributed by atoms with van der Waals surface area (Å²) in [6.45, 7) is 8.57. The van der Waals surface area contributed by atoms with Gasteiger partial charge in [0.05, 0.1) is 0 Å². The number of fused-ring (bicyclic) bond motifs is 2. The first kappa shape index (κ1) is 12.7. The summed E-state index contributed by atoms with van der Waals surface area (Å²) in [6.07, 6.45) is 0. The molecule has 18 heavy (non-hydrogen) atoms. The molecule has 0 saturated heterocycles. The van der Waals surface area contributed by atoms with E-state index in [1.807, 2.05) is 13.8 Å². The van der Waals surface area contributed by atoms with Gasteiger partial charge in [-0.05, 0) is 23.3 Å². The van der Waals surface area contributed by atoms with E-state index in [-0.39, 0.29) is 5.41 Å². The SMILES string of the molecule is CC.CC1(C)c2ccccc2Nc2ccccc21. The van der Waals surface area contributed by atoms with Gasteiger partial charge in [0.25, 0.3) is 0 Å². The van der Waals surface area contributed by atoms with Crippen molar-refractivity contribution >= 4 is 11.4 Å². The van der Waals surface area contributed by atoms with Crippen LogP contribution in [0.15, 0.2) is 48.5 Å². The van der Waals surface area contributed by atoms with Crippen LogP contribution in [0.25, 0.3) is 0 Å². The number of rotatable bonds is 0. The third-order valence-electron chi connectivity index (χ3n) is 3.47. The predicted octanol–water partition coefficient (Wildman–Crippen LogP) is 5.10. The van der Waals surface area contributed by atoms with Gasteiger partial charge in [0.15, 0.2) is 0 Å². The summed E-state index contributed by atoms with van der Waals surface area (Å²) in [6, 6.07) is 17.1. The molecule has 1 heteroatoms. The molecule has 2 aromatic carbocycles. The van der Waals surface area contributed by atoms with Crippen molar-refractivity contribution in [1.29, 1.82) is 0 Å². The minimum absolute atomic E-state index is 0.0818. The maximum atomic E-state index is 3.50. The van der Waals surface area contributed by atoms with Crippen molar-refractivity contribution in [1.82, 2.24) is 0 Å². The van der Waals surface area contributed by atoms with Crippen molar-refractivity contribution in [2.45, 2.75) is 33.1 Å². The Hall–Kier alpha value is -1.76. The smallest absolute Gasteiger partial charge is 0.0425 e. The van der Waals surface area contributed by atoms with Crippen LogP contribution >= 0.6 is 0 Å². The predicted molar refractivity (Wildman–Crippen MR) is 79.6 cm³/mol. The highest BCUT2D eigenvalue weighted by Gasteiger charge is 2.31. The largest absolute Gasteiger partial charge is 0.355 e. The topological polar surface area (TPSA) is 12.0 Å². The van der Waals surface area contributed by atoms with Crippen LogP contribution in [0.2, 0.25) is 0 Å². The van der Waals surface area contributed by atoms with E-state index in [1.54, 1.807) is 0 Å². The molecule has 0 aliphatic carbocycles. The number of hydrogen-bond acceptors (Lipinski definition) is 1. The van der Waals surface area contributed by atoms with Crippen molar-refractivity contribution in [2.24, 2.45) is 0 Å². The quantitative estimate of drug-likeness (QED) is 0.674. The van der Waals surface area contributed by atoms with E-state index in [4.69, 9.17) is 0 Å². The molecule has 1 heterocycles. The zero-order chi connectivity index (χ0) is 13.2. The van der Waals surface area contributed by atoms with Crippen molar-refractivity contribution in [3.63, 3.8) is 0 Å². The lowest BCUT2D eigenvalue weighted by molar-refractivity contribution is 0.638. The minimum Gasteiger partial charge on any atom is -0.355 e. The summed E-state index contributed by atoms with van der Waals surface area (Å²) in [4.78, 5) is 0. The van der Waals surface area contributed by atoms with Crippen LogP contribution in [0.1, 0.15) is 38.8 Å². The minimum atomic E-state index is 0.0818. The van der Waals surface area contributed by atoms with E-state index in [9.17, 15) is 0 Å². The Balaban J connectivity index is 0.000000574. The summed E-state index contributed by atoms with van der Waals surface area (Å²) in [5.74, 6) is 0. The first-order chi connectivity index (χ1) is 8.69. The molecule has 3 rings (SSSR count). The summed E-state index contributed by atoms with van der Waals surface area (Å²) in [5, 5.41) is 3.50. The Kier molecular flexibility index (Phi) is 3.42. The first-order valence-electron chi connectivity index (χ1n) is 6.65. The van der Waals surface area contributed by atoms with Gasteiger partial charge < -0.3 is 5.32 Å². The van der Waals surface area contributed by atoms with Crippen molar-refractivity contribution < 1.29 is 0 Å². The van der Waals surface area contributed by atoms with E-state index in [0.29, 0.717) is 0 Å². The van der Waals surface area contributed by atoms with Gasteiger partial charge in [0.2, 0.25) is 0 Å². The maximum Gasteiger partial charge on any atom is 0.0425 e. The van der Waals surface area contributed by atoms with Crippen molar-refractivity contribution in [3.05, 3.63) is 59.7 Å². The van der Waals surface area contributed by atoms with Crippen LogP contribution in [0.5, 0.6) is 0 Å². The second-order valence-corrected chi connectivity index (χ2v) is 4.84. The summed E-state index contributed by atoms with van der Waals surface area (Å²) < 4.78 is 0. The van der Waals surface area contributed by atoms with Crippen molar-refractivity contribution in [2.75, 3.05) is 5.32 Å². The Morgan fingerprint density at radius 2 is 1.11 bits per heavy atom. The highest BCUT2D eigenvalue weighted by molar-refractivity contribution is 5.75. The van der Waals surface area contributed by atoms with Crippen LogP contribution in [-0.4, -0.2) is 0 Å². The average Bonchev–Trinajstić information content (AvgIpc) is 2.41. The van der Waals surface area contributed by atoms with Gasteiger partial charge in [-0.3, -0.25) is 0 Å². The zero-order valence-corrected chi connectivity index (χ0v) is 11.6. The number of anilines is 2. The standard InChI is InChI=1S/C15H15N.C2H6/c1-15(2)11-7-3-5-9-13(11)16-14-10-6-4-8-12(14)15;1-2/h3-10,16H,1-2H3;1-2H3. The summed E-state index contributed by atoms with van der Waals surface area (Å²) in [7, 11) is 0. The van der Waals surface area contributed by atoms with E-state index in [2.05, 4.69) is 67.7 Å². The Morgan fingerprint density at radius 1 is 0.722 bits per heavy atom. The Morgan fingerprint density at radius 3 is 1.56 bits per heavy atom. The maximum absolute atomic E-state index is 3.50. The summed E-state index contributed by atoms with van der Waals surface area (Å²) >= 11 is 0. The first-order valence-corrected chi connectivity index (χ1v) is 6.65. The van der Waals surface area contributed by atoms with Gasteiger partial charge in [-0.1, -0.05) is 64.1 Å². The highest BCUT2D eigenvalue weighted by Crippen LogP contribution is 2.44. The third kappa shape index (κ3) is 1.90. The fourth-order valence-electron chi connectivity index (χ4n) is 2.56. The molecular formula is C17H21N. The summed E-state index contributed by atoms with van der Waals surface area (Å²) in [5.41, 5.74) is 5.28. The number of hydrogen-bond donors (Lipinski definition) is 1.